The van der Waals surface area contributed by atoms with Crippen LogP contribution in [0.1, 0.15) is 45.0 Å². The maximum atomic E-state index is 6.05. The SMILES string of the molecule is CN=C(NCc1cccc(C)n1)NCC1CCCOC1C(C)(C)C.I. The molecule has 1 saturated heterocycles. The minimum atomic E-state index is 0. The van der Waals surface area contributed by atoms with E-state index in [4.69, 9.17) is 4.74 Å². The summed E-state index contributed by atoms with van der Waals surface area (Å²) in [5.74, 6) is 1.32. The van der Waals surface area contributed by atoms with Crippen molar-refractivity contribution in [2.75, 3.05) is 20.2 Å². The van der Waals surface area contributed by atoms with Crippen molar-refractivity contribution in [3.63, 3.8) is 0 Å². The van der Waals surface area contributed by atoms with Crippen molar-refractivity contribution >= 4 is 29.9 Å². The molecule has 2 heterocycles. The van der Waals surface area contributed by atoms with Crippen molar-refractivity contribution in [1.82, 2.24) is 15.6 Å². The van der Waals surface area contributed by atoms with Crippen LogP contribution in [0.5, 0.6) is 0 Å². The van der Waals surface area contributed by atoms with Gasteiger partial charge in [-0.25, -0.2) is 0 Å². The van der Waals surface area contributed by atoms with Gasteiger partial charge in [-0.3, -0.25) is 9.98 Å². The Morgan fingerprint density at radius 2 is 2.08 bits per heavy atom. The molecule has 0 bridgehead atoms. The number of hydrogen-bond acceptors (Lipinski definition) is 3. The molecule has 0 saturated carbocycles. The first-order valence-electron chi connectivity index (χ1n) is 8.89. The summed E-state index contributed by atoms with van der Waals surface area (Å²) in [6, 6.07) is 6.06. The second-order valence-corrected chi connectivity index (χ2v) is 7.64. The van der Waals surface area contributed by atoms with Crippen LogP contribution in [0.3, 0.4) is 0 Å². The van der Waals surface area contributed by atoms with E-state index in [9.17, 15) is 0 Å². The Kier molecular flexibility index (Phi) is 9.13. The van der Waals surface area contributed by atoms with E-state index in [1.54, 1.807) is 7.05 Å². The van der Waals surface area contributed by atoms with E-state index in [1.165, 1.54) is 6.42 Å². The maximum Gasteiger partial charge on any atom is 0.191 e. The molecule has 1 aromatic heterocycles. The predicted octanol–water partition coefficient (Wildman–Crippen LogP) is 3.51. The molecule has 0 spiro atoms. The number of aliphatic imine (C=N–C) groups is 1. The fraction of sp³-hybridized carbons (Fsp3) is 0.684. The lowest BCUT2D eigenvalue weighted by atomic mass is 9.78. The van der Waals surface area contributed by atoms with Crippen LogP contribution in [0.2, 0.25) is 0 Å². The standard InChI is InChI=1S/C19H32N4O.HI/c1-14-8-6-10-16(23-14)13-22-18(20-5)21-12-15-9-7-11-24-17(15)19(2,3)4;/h6,8,10,15,17H,7,9,11-13H2,1-5H3,(H2,20,21,22);1H. The summed E-state index contributed by atoms with van der Waals surface area (Å²) in [6.45, 7) is 11.2. The summed E-state index contributed by atoms with van der Waals surface area (Å²) in [5.41, 5.74) is 2.21. The molecular formula is C19H33IN4O. The third kappa shape index (κ3) is 7.09. The number of halogens is 1. The van der Waals surface area contributed by atoms with E-state index >= 15 is 0 Å². The van der Waals surface area contributed by atoms with E-state index in [0.717, 1.165) is 36.9 Å². The smallest absolute Gasteiger partial charge is 0.191 e. The van der Waals surface area contributed by atoms with Gasteiger partial charge in [-0.1, -0.05) is 26.8 Å². The second kappa shape index (κ2) is 10.3. The molecule has 0 amide bonds. The zero-order valence-electron chi connectivity index (χ0n) is 16.1. The van der Waals surface area contributed by atoms with E-state index in [-0.39, 0.29) is 35.5 Å². The number of ether oxygens (including phenoxy) is 1. The number of nitrogens with zero attached hydrogens (tertiary/aromatic N) is 2. The van der Waals surface area contributed by atoms with Gasteiger partial charge < -0.3 is 15.4 Å². The van der Waals surface area contributed by atoms with Gasteiger partial charge in [-0.2, -0.15) is 0 Å². The Labute approximate surface area is 169 Å². The van der Waals surface area contributed by atoms with Crippen LogP contribution in [0.15, 0.2) is 23.2 Å². The second-order valence-electron chi connectivity index (χ2n) is 7.64. The van der Waals surface area contributed by atoms with Crippen LogP contribution in [0, 0.1) is 18.3 Å². The molecule has 5 nitrogen and oxygen atoms in total. The highest BCUT2D eigenvalue weighted by Gasteiger charge is 2.35. The van der Waals surface area contributed by atoms with Crippen LogP contribution in [0.25, 0.3) is 0 Å². The molecule has 2 atom stereocenters. The highest BCUT2D eigenvalue weighted by molar-refractivity contribution is 14.0. The fourth-order valence-corrected chi connectivity index (χ4v) is 3.33. The molecule has 25 heavy (non-hydrogen) atoms. The van der Waals surface area contributed by atoms with E-state index in [0.29, 0.717) is 12.5 Å². The van der Waals surface area contributed by atoms with Crippen molar-refractivity contribution < 1.29 is 4.74 Å². The van der Waals surface area contributed by atoms with Gasteiger partial charge >= 0.3 is 0 Å². The molecule has 2 N–H and O–H groups in total. The van der Waals surface area contributed by atoms with Gasteiger partial charge in [0.25, 0.3) is 0 Å². The Balaban J connectivity index is 0.00000312. The van der Waals surface area contributed by atoms with Gasteiger partial charge in [0, 0.05) is 31.8 Å². The largest absolute Gasteiger partial charge is 0.377 e. The van der Waals surface area contributed by atoms with Gasteiger partial charge in [0.2, 0.25) is 0 Å². The number of guanidine groups is 1. The minimum Gasteiger partial charge on any atom is -0.377 e. The van der Waals surface area contributed by atoms with Gasteiger partial charge in [0.15, 0.2) is 5.96 Å². The molecule has 1 aliphatic rings. The monoisotopic (exact) mass is 460 g/mol. The van der Waals surface area contributed by atoms with E-state index in [2.05, 4.69) is 41.4 Å². The average Bonchev–Trinajstić information content (AvgIpc) is 2.54. The Morgan fingerprint density at radius 1 is 1.32 bits per heavy atom. The lowest BCUT2D eigenvalue weighted by Gasteiger charge is -2.40. The zero-order chi connectivity index (χ0) is 17.6. The summed E-state index contributed by atoms with van der Waals surface area (Å²) < 4.78 is 6.05. The first kappa shape index (κ1) is 22.2. The van der Waals surface area contributed by atoms with Gasteiger partial charge in [-0.15, -0.1) is 24.0 Å². The minimum absolute atomic E-state index is 0. The van der Waals surface area contributed by atoms with Crippen molar-refractivity contribution in [1.29, 1.82) is 0 Å². The van der Waals surface area contributed by atoms with Crippen LogP contribution < -0.4 is 10.6 Å². The average molecular weight is 460 g/mol. The highest BCUT2D eigenvalue weighted by Crippen LogP contribution is 2.33. The normalized spacial score (nSPS) is 21.4. The molecular weight excluding hydrogens is 427 g/mol. The first-order valence-corrected chi connectivity index (χ1v) is 8.89. The van der Waals surface area contributed by atoms with Crippen LogP contribution in [-0.4, -0.2) is 37.2 Å². The number of pyridine rings is 1. The van der Waals surface area contributed by atoms with Crippen molar-refractivity contribution in [3.8, 4) is 0 Å². The van der Waals surface area contributed by atoms with E-state index in [1.807, 2.05) is 25.1 Å². The topological polar surface area (TPSA) is 58.5 Å². The summed E-state index contributed by atoms with van der Waals surface area (Å²) in [4.78, 5) is 8.83. The third-order valence-electron chi connectivity index (χ3n) is 4.44. The molecule has 0 aliphatic carbocycles. The molecule has 6 heteroatoms. The number of rotatable bonds is 4. The van der Waals surface area contributed by atoms with Crippen LogP contribution in [-0.2, 0) is 11.3 Å². The molecule has 1 aromatic rings. The van der Waals surface area contributed by atoms with Crippen LogP contribution >= 0.6 is 24.0 Å². The number of hydrogen-bond donors (Lipinski definition) is 2. The summed E-state index contributed by atoms with van der Waals surface area (Å²) in [7, 11) is 1.80. The zero-order valence-corrected chi connectivity index (χ0v) is 18.5. The van der Waals surface area contributed by atoms with E-state index < -0.39 is 0 Å². The van der Waals surface area contributed by atoms with Gasteiger partial charge in [-0.05, 0) is 37.3 Å². The Hall–Kier alpha value is -0.890. The van der Waals surface area contributed by atoms with Gasteiger partial charge in [0.1, 0.15) is 0 Å². The Morgan fingerprint density at radius 3 is 2.72 bits per heavy atom. The summed E-state index contributed by atoms with van der Waals surface area (Å²) in [6.07, 6.45) is 2.62. The van der Waals surface area contributed by atoms with Crippen molar-refractivity contribution in [3.05, 3.63) is 29.6 Å². The van der Waals surface area contributed by atoms with Crippen molar-refractivity contribution in [2.45, 2.75) is 53.2 Å². The molecule has 2 unspecified atom stereocenters. The maximum absolute atomic E-state index is 6.05. The predicted molar refractivity (Wildman–Crippen MR) is 115 cm³/mol. The molecule has 1 aliphatic heterocycles. The highest BCUT2D eigenvalue weighted by atomic mass is 127. The third-order valence-corrected chi connectivity index (χ3v) is 4.44. The molecule has 0 radical (unpaired) electrons. The molecule has 142 valence electrons. The van der Waals surface area contributed by atoms with Crippen LogP contribution in [0.4, 0.5) is 0 Å². The molecule has 0 aromatic carbocycles. The number of aryl methyl sites for hydroxylation is 1. The lowest BCUT2D eigenvalue weighted by Crippen LogP contribution is -2.47. The molecule has 1 fully saturated rings. The quantitative estimate of drug-likeness (QED) is 0.410. The number of aromatic nitrogens is 1. The fourth-order valence-electron chi connectivity index (χ4n) is 3.33. The Bertz CT molecular complexity index is 557. The molecule has 2 rings (SSSR count). The number of nitrogens with one attached hydrogen (secondary N) is 2. The van der Waals surface area contributed by atoms with Gasteiger partial charge in [0.05, 0.1) is 18.3 Å². The summed E-state index contributed by atoms with van der Waals surface area (Å²) in [5, 5.41) is 6.80. The van der Waals surface area contributed by atoms with Crippen molar-refractivity contribution in [2.24, 2.45) is 16.3 Å². The summed E-state index contributed by atoms with van der Waals surface area (Å²) >= 11 is 0. The lowest BCUT2D eigenvalue weighted by molar-refractivity contribution is -0.0835. The first-order chi connectivity index (χ1) is 11.4.